The van der Waals surface area contributed by atoms with Gasteiger partial charge in [-0.25, -0.2) is 9.97 Å². The number of hydrogen-bond acceptors (Lipinski definition) is 7. The second kappa shape index (κ2) is 5.37. The molecule has 8 heteroatoms. The smallest absolute Gasteiger partial charge is 0.266 e. The molecular weight excluding hydrogens is 294 g/mol. The van der Waals surface area contributed by atoms with Gasteiger partial charge >= 0.3 is 0 Å². The maximum Gasteiger partial charge on any atom is 0.266 e. The summed E-state index contributed by atoms with van der Waals surface area (Å²) in [5.74, 6) is 0.0375. The second-order valence-corrected chi connectivity index (χ2v) is 6.46. The molecule has 1 fully saturated rings. The van der Waals surface area contributed by atoms with Crippen molar-refractivity contribution in [2.45, 2.75) is 6.92 Å². The zero-order valence-corrected chi connectivity index (χ0v) is 12.7. The summed E-state index contributed by atoms with van der Waals surface area (Å²) in [6.45, 7) is 4.86. The second-order valence-electron chi connectivity index (χ2n) is 4.56. The Bertz CT molecular complexity index is 601. The van der Waals surface area contributed by atoms with E-state index < -0.39 is 0 Å². The Labute approximate surface area is 124 Å². The summed E-state index contributed by atoms with van der Waals surface area (Å²) in [7, 11) is 0. The van der Waals surface area contributed by atoms with Crippen LogP contribution in [0.25, 0.3) is 0 Å². The van der Waals surface area contributed by atoms with E-state index in [1.54, 1.807) is 17.5 Å². The number of aromatic nitrogens is 2. The normalized spacial score (nSPS) is 15.7. The number of carbonyl (C=O) groups excluding carboxylic acids is 1. The summed E-state index contributed by atoms with van der Waals surface area (Å²) < 4.78 is 0. The van der Waals surface area contributed by atoms with E-state index in [2.05, 4.69) is 14.9 Å². The van der Waals surface area contributed by atoms with Crippen molar-refractivity contribution >= 4 is 38.8 Å². The molecule has 0 radical (unpaired) electrons. The van der Waals surface area contributed by atoms with E-state index in [0.29, 0.717) is 23.1 Å². The molecule has 0 unspecified atom stereocenters. The van der Waals surface area contributed by atoms with Crippen LogP contribution in [0.5, 0.6) is 0 Å². The van der Waals surface area contributed by atoms with Crippen LogP contribution in [-0.4, -0.2) is 47.0 Å². The minimum atomic E-state index is 0.0375. The molecule has 20 heavy (non-hydrogen) atoms. The summed E-state index contributed by atoms with van der Waals surface area (Å²) in [5, 5.41) is 3.44. The largest absolute Gasteiger partial charge is 0.375 e. The minimum Gasteiger partial charge on any atom is -0.375 e. The predicted octanol–water partition coefficient (Wildman–Crippen LogP) is 1.45. The maximum atomic E-state index is 12.4. The van der Waals surface area contributed by atoms with Crippen LogP contribution in [0.3, 0.4) is 0 Å². The molecule has 3 rings (SSSR count). The lowest BCUT2D eigenvalue weighted by molar-refractivity contribution is 0.0750. The van der Waals surface area contributed by atoms with Crippen LogP contribution in [0.2, 0.25) is 0 Å². The number of nitrogens with two attached hydrogens (primary N) is 1. The maximum absolute atomic E-state index is 12.4. The molecule has 0 aromatic carbocycles. The van der Waals surface area contributed by atoms with Gasteiger partial charge in [-0.3, -0.25) is 4.79 Å². The third-order valence-corrected chi connectivity index (χ3v) is 5.07. The van der Waals surface area contributed by atoms with Crippen molar-refractivity contribution in [1.82, 2.24) is 14.9 Å². The first-order valence-corrected chi connectivity index (χ1v) is 8.01. The molecule has 1 aliphatic heterocycles. The van der Waals surface area contributed by atoms with E-state index in [9.17, 15) is 4.79 Å². The Morgan fingerprint density at radius 3 is 2.65 bits per heavy atom. The summed E-state index contributed by atoms with van der Waals surface area (Å²) in [6.07, 6.45) is 1.81. The van der Waals surface area contributed by atoms with Crippen molar-refractivity contribution < 1.29 is 4.79 Å². The lowest BCUT2D eigenvalue weighted by Crippen LogP contribution is -2.48. The first-order chi connectivity index (χ1) is 9.65. The van der Waals surface area contributed by atoms with E-state index in [-0.39, 0.29) is 5.91 Å². The Balaban J connectivity index is 1.66. The molecular formula is C12H15N5OS2. The van der Waals surface area contributed by atoms with Crippen molar-refractivity contribution in [3.05, 3.63) is 22.1 Å². The molecule has 106 valence electrons. The fourth-order valence-electron chi connectivity index (χ4n) is 2.23. The molecule has 3 heterocycles. The van der Waals surface area contributed by atoms with Gasteiger partial charge < -0.3 is 15.5 Å². The number of carbonyl (C=O) groups is 1. The first kappa shape index (κ1) is 13.3. The van der Waals surface area contributed by atoms with Crippen LogP contribution in [0.4, 0.5) is 10.3 Å². The molecule has 0 spiro atoms. The number of nitrogens with zero attached hydrogens (tertiary/aromatic N) is 4. The van der Waals surface area contributed by atoms with Crippen LogP contribution >= 0.6 is 22.7 Å². The fourth-order valence-corrected chi connectivity index (χ4v) is 3.73. The van der Waals surface area contributed by atoms with Gasteiger partial charge in [0.25, 0.3) is 5.91 Å². The average Bonchev–Trinajstić information content (AvgIpc) is 3.08. The van der Waals surface area contributed by atoms with E-state index >= 15 is 0 Å². The van der Waals surface area contributed by atoms with Gasteiger partial charge in [0.05, 0.1) is 5.69 Å². The van der Waals surface area contributed by atoms with E-state index in [1.165, 1.54) is 11.3 Å². The number of piperazine rings is 1. The molecule has 0 atom stereocenters. The van der Waals surface area contributed by atoms with E-state index in [1.807, 2.05) is 17.2 Å². The van der Waals surface area contributed by atoms with Gasteiger partial charge in [-0.05, 0) is 6.92 Å². The average molecular weight is 309 g/mol. The number of hydrogen-bond donors (Lipinski definition) is 1. The van der Waals surface area contributed by atoms with Gasteiger partial charge in [0.15, 0.2) is 10.3 Å². The van der Waals surface area contributed by atoms with Crippen molar-refractivity contribution in [1.29, 1.82) is 0 Å². The third kappa shape index (κ3) is 2.48. The van der Waals surface area contributed by atoms with Crippen LogP contribution in [0, 0.1) is 6.92 Å². The summed E-state index contributed by atoms with van der Waals surface area (Å²) >= 11 is 2.89. The van der Waals surface area contributed by atoms with Gasteiger partial charge in [-0.2, -0.15) is 0 Å². The molecule has 2 aromatic heterocycles. The third-order valence-electron chi connectivity index (χ3n) is 3.26. The lowest BCUT2D eigenvalue weighted by Gasteiger charge is -2.34. The number of thiazole rings is 2. The Hall–Kier alpha value is -1.67. The quantitative estimate of drug-likeness (QED) is 0.909. The highest BCUT2D eigenvalue weighted by Crippen LogP contribution is 2.23. The van der Waals surface area contributed by atoms with Gasteiger partial charge in [0.1, 0.15) is 4.88 Å². The number of rotatable bonds is 2. The number of anilines is 2. The van der Waals surface area contributed by atoms with Crippen LogP contribution in [0.1, 0.15) is 15.4 Å². The highest BCUT2D eigenvalue weighted by molar-refractivity contribution is 7.17. The van der Waals surface area contributed by atoms with Crippen molar-refractivity contribution in [3.63, 3.8) is 0 Å². The monoisotopic (exact) mass is 309 g/mol. The number of amides is 1. The standard InChI is InChI=1S/C12H15N5OS2/c1-8-9(20-11(13)15-8)10(18)16-3-5-17(6-4-16)12-14-2-7-19-12/h2,7H,3-6H2,1H3,(H2,13,15). The van der Waals surface area contributed by atoms with Gasteiger partial charge in [0, 0.05) is 37.8 Å². The molecule has 0 aliphatic carbocycles. The highest BCUT2D eigenvalue weighted by Gasteiger charge is 2.25. The summed E-state index contributed by atoms with van der Waals surface area (Å²) in [5.41, 5.74) is 6.38. The topological polar surface area (TPSA) is 75.3 Å². The molecule has 1 amide bonds. The zero-order valence-electron chi connectivity index (χ0n) is 11.1. The van der Waals surface area contributed by atoms with E-state index in [0.717, 1.165) is 23.9 Å². The van der Waals surface area contributed by atoms with Gasteiger partial charge in [0.2, 0.25) is 0 Å². The SMILES string of the molecule is Cc1nc(N)sc1C(=O)N1CCN(c2nccs2)CC1. The summed E-state index contributed by atoms with van der Waals surface area (Å²) in [4.78, 5) is 25.6. The molecule has 0 bridgehead atoms. The Morgan fingerprint density at radius 1 is 1.35 bits per heavy atom. The van der Waals surface area contributed by atoms with Crippen LogP contribution < -0.4 is 10.6 Å². The van der Waals surface area contributed by atoms with Crippen molar-refractivity contribution in [3.8, 4) is 0 Å². The molecule has 2 N–H and O–H groups in total. The molecule has 6 nitrogen and oxygen atoms in total. The molecule has 2 aromatic rings. The van der Waals surface area contributed by atoms with Gasteiger partial charge in [-0.15, -0.1) is 11.3 Å². The lowest BCUT2D eigenvalue weighted by atomic mass is 10.3. The highest BCUT2D eigenvalue weighted by atomic mass is 32.1. The molecule has 1 saturated heterocycles. The van der Waals surface area contributed by atoms with Crippen molar-refractivity contribution in [2.75, 3.05) is 36.8 Å². The number of nitrogen functional groups attached to an aromatic ring is 1. The Morgan fingerprint density at radius 2 is 2.10 bits per heavy atom. The summed E-state index contributed by atoms with van der Waals surface area (Å²) in [6, 6.07) is 0. The van der Waals surface area contributed by atoms with Gasteiger partial charge in [-0.1, -0.05) is 11.3 Å². The minimum absolute atomic E-state index is 0.0375. The predicted molar refractivity (Wildman–Crippen MR) is 81.5 cm³/mol. The first-order valence-electron chi connectivity index (χ1n) is 6.32. The number of aryl methyl sites for hydroxylation is 1. The van der Waals surface area contributed by atoms with Crippen LogP contribution in [0.15, 0.2) is 11.6 Å². The van der Waals surface area contributed by atoms with Crippen LogP contribution in [-0.2, 0) is 0 Å². The Kier molecular flexibility index (Phi) is 3.58. The fraction of sp³-hybridized carbons (Fsp3) is 0.417. The molecule has 1 aliphatic rings. The molecule has 0 saturated carbocycles. The zero-order chi connectivity index (χ0) is 14.1. The van der Waals surface area contributed by atoms with E-state index in [4.69, 9.17) is 5.73 Å². The van der Waals surface area contributed by atoms with Crippen molar-refractivity contribution in [2.24, 2.45) is 0 Å².